The van der Waals surface area contributed by atoms with E-state index in [9.17, 15) is 17.6 Å². The standard InChI is InChI=1S/C17H25FN2O5SSi/c1-26(22,23)24-12-14-11-20(17(21)25-14)13-4-5-16(15(18)10-13)19-6-8-27(2,3)9-7-19/h4-5,10,14H,6-9,11-12H2,1-3H3/t14-/m1/s1. The number of carbonyl (C=O) groups excluding carboxylic acids is 1. The molecule has 27 heavy (non-hydrogen) atoms. The van der Waals surface area contributed by atoms with Gasteiger partial charge in [-0.25, -0.2) is 9.18 Å². The number of cyclic esters (lactones) is 1. The van der Waals surface area contributed by atoms with Crippen LogP contribution < -0.4 is 9.80 Å². The van der Waals surface area contributed by atoms with Gasteiger partial charge in [0.1, 0.15) is 18.5 Å². The Balaban J connectivity index is 1.68. The molecule has 2 aliphatic rings. The van der Waals surface area contributed by atoms with Gasteiger partial charge < -0.3 is 9.64 Å². The van der Waals surface area contributed by atoms with Gasteiger partial charge in [0, 0.05) is 13.1 Å². The summed E-state index contributed by atoms with van der Waals surface area (Å²) in [6.07, 6.45) is -0.431. The molecule has 2 heterocycles. The number of rotatable bonds is 5. The van der Waals surface area contributed by atoms with Crippen LogP contribution in [0.5, 0.6) is 0 Å². The Bertz CT molecular complexity index is 823. The highest BCUT2D eigenvalue weighted by molar-refractivity contribution is 7.85. The third kappa shape index (κ3) is 4.99. The lowest BCUT2D eigenvalue weighted by Gasteiger charge is -2.37. The average Bonchev–Trinajstić information content (AvgIpc) is 2.94. The summed E-state index contributed by atoms with van der Waals surface area (Å²) in [4.78, 5) is 15.4. The molecule has 1 aromatic carbocycles. The molecule has 1 atom stereocenters. The second-order valence-corrected chi connectivity index (χ2v) is 14.9. The fourth-order valence-corrected chi connectivity index (χ4v) is 5.69. The highest BCUT2D eigenvalue weighted by Crippen LogP contribution is 2.31. The molecule has 0 spiro atoms. The summed E-state index contributed by atoms with van der Waals surface area (Å²) in [6.45, 7) is 6.27. The van der Waals surface area contributed by atoms with Gasteiger partial charge in [0.2, 0.25) is 0 Å². The van der Waals surface area contributed by atoms with Crippen LogP contribution in [-0.2, 0) is 19.0 Å². The predicted molar refractivity (Wildman–Crippen MR) is 104 cm³/mol. The maximum absolute atomic E-state index is 14.7. The van der Waals surface area contributed by atoms with Gasteiger partial charge in [-0.05, 0) is 30.3 Å². The molecule has 0 unspecified atom stereocenters. The van der Waals surface area contributed by atoms with Gasteiger partial charge in [-0.2, -0.15) is 8.42 Å². The quantitative estimate of drug-likeness (QED) is 0.543. The fourth-order valence-electron chi connectivity index (χ4n) is 3.29. The topological polar surface area (TPSA) is 76.2 Å². The summed E-state index contributed by atoms with van der Waals surface area (Å²) in [7, 11) is -4.76. The van der Waals surface area contributed by atoms with E-state index in [1.165, 1.54) is 11.0 Å². The molecular formula is C17H25FN2O5SSi. The first-order chi connectivity index (χ1) is 12.5. The highest BCUT2D eigenvalue weighted by Gasteiger charge is 2.34. The lowest BCUT2D eigenvalue weighted by molar-refractivity contribution is 0.107. The largest absolute Gasteiger partial charge is 0.441 e. The normalized spacial score (nSPS) is 22.8. The predicted octanol–water partition coefficient (Wildman–Crippen LogP) is 2.66. The van der Waals surface area contributed by atoms with Crippen molar-refractivity contribution in [2.75, 3.05) is 42.3 Å². The van der Waals surface area contributed by atoms with Crippen molar-refractivity contribution in [3.63, 3.8) is 0 Å². The Morgan fingerprint density at radius 2 is 1.96 bits per heavy atom. The third-order valence-corrected chi connectivity index (χ3v) is 8.76. The van der Waals surface area contributed by atoms with Crippen molar-refractivity contribution in [2.24, 2.45) is 0 Å². The van der Waals surface area contributed by atoms with E-state index in [2.05, 4.69) is 22.2 Å². The zero-order valence-electron chi connectivity index (χ0n) is 15.8. The summed E-state index contributed by atoms with van der Waals surface area (Å²) >= 11 is 0. The summed E-state index contributed by atoms with van der Waals surface area (Å²) in [5, 5.41) is 0. The van der Waals surface area contributed by atoms with E-state index < -0.39 is 30.4 Å². The average molecular weight is 417 g/mol. The summed E-state index contributed by atoms with van der Waals surface area (Å²) in [5.74, 6) is -0.377. The Kier molecular flexibility index (Phi) is 5.51. The van der Waals surface area contributed by atoms with E-state index in [4.69, 9.17) is 4.74 Å². The van der Waals surface area contributed by atoms with Crippen molar-refractivity contribution >= 4 is 35.7 Å². The first-order valence-electron chi connectivity index (χ1n) is 8.91. The number of nitrogens with zero attached hydrogens (tertiary/aromatic N) is 2. The molecule has 1 aromatic rings. The van der Waals surface area contributed by atoms with E-state index in [0.29, 0.717) is 11.4 Å². The Morgan fingerprint density at radius 1 is 1.30 bits per heavy atom. The molecule has 7 nitrogen and oxygen atoms in total. The minimum Gasteiger partial charge on any atom is -0.441 e. The molecule has 10 heteroatoms. The number of carbonyl (C=O) groups is 1. The molecule has 0 N–H and O–H groups in total. The monoisotopic (exact) mass is 416 g/mol. The number of amides is 1. The lowest BCUT2D eigenvalue weighted by atomic mass is 10.2. The van der Waals surface area contributed by atoms with Crippen LogP contribution >= 0.6 is 0 Å². The second-order valence-electron chi connectivity index (χ2n) is 7.89. The molecule has 0 radical (unpaired) electrons. The molecule has 0 saturated carbocycles. The number of halogens is 1. The summed E-state index contributed by atoms with van der Waals surface area (Å²) in [6, 6.07) is 6.98. The zero-order valence-corrected chi connectivity index (χ0v) is 17.6. The van der Waals surface area contributed by atoms with Crippen molar-refractivity contribution in [3.05, 3.63) is 24.0 Å². The Labute approximate surface area is 160 Å². The van der Waals surface area contributed by atoms with Crippen LogP contribution in [0.25, 0.3) is 0 Å². The molecule has 3 rings (SSSR count). The van der Waals surface area contributed by atoms with Crippen molar-refractivity contribution in [1.82, 2.24) is 0 Å². The molecule has 0 bridgehead atoms. The zero-order chi connectivity index (χ0) is 19.8. The van der Waals surface area contributed by atoms with E-state index in [1.54, 1.807) is 12.1 Å². The Morgan fingerprint density at radius 3 is 2.56 bits per heavy atom. The number of hydrogen-bond donors (Lipinski definition) is 0. The van der Waals surface area contributed by atoms with Gasteiger partial charge in [-0.3, -0.25) is 9.08 Å². The number of benzene rings is 1. The van der Waals surface area contributed by atoms with Gasteiger partial charge in [-0.1, -0.05) is 13.1 Å². The molecular weight excluding hydrogens is 391 g/mol. The van der Waals surface area contributed by atoms with Gasteiger partial charge in [0.15, 0.2) is 0 Å². The van der Waals surface area contributed by atoms with Gasteiger partial charge in [-0.15, -0.1) is 0 Å². The van der Waals surface area contributed by atoms with Crippen molar-refractivity contribution in [2.45, 2.75) is 31.3 Å². The summed E-state index contributed by atoms with van der Waals surface area (Å²) < 4.78 is 46.6. The van der Waals surface area contributed by atoms with Gasteiger partial charge >= 0.3 is 6.09 Å². The maximum Gasteiger partial charge on any atom is 0.414 e. The Hall–Kier alpha value is -1.65. The molecule has 2 aliphatic heterocycles. The van der Waals surface area contributed by atoms with E-state index in [0.717, 1.165) is 31.4 Å². The van der Waals surface area contributed by atoms with E-state index in [1.807, 2.05) is 0 Å². The van der Waals surface area contributed by atoms with Crippen molar-refractivity contribution < 1.29 is 26.5 Å². The van der Waals surface area contributed by atoms with Crippen LogP contribution in [0, 0.1) is 5.82 Å². The van der Waals surface area contributed by atoms with E-state index >= 15 is 0 Å². The molecule has 150 valence electrons. The first kappa shape index (κ1) is 20.1. The molecule has 2 fully saturated rings. The minimum atomic E-state index is -3.62. The lowest BCUT2D eigenvalue weighted by Crippen LogP contribution is -2.43. The third-order valence-electron chi connectivity index (χ3n) is 5.04. The smallest absolute Gasteiger partial charge is 0.414 e. The second kappa shape index (κ2) is 7.40. The van der Waals surface area contributed by atoms with Crippen LogP contribution in [0.3, 0.4) is 0 Å². The molecule has 0 aromatic heterocycles. The van der Waals surface area contributed by atoms with E-state index in [-0.39, 0.29) is 19.0 Å². The van der Waals surface area contributed by atoms with Crippen LogP contribution in [0.1, 0.15) is 0 Å². The van der Waals surface area contributed by atoms with Crippen LogP contribution in [0.4, 0.5) is 20.6 Å². The number of ether oxygens (including phenoxy) is 1. The highest BCUT2D eigenvalue weighted by atomic mass is 32.2. The molecule has 2 saturated heterocycles. The van der Waals surface area contributed by atoms with Crippen LogP contribution in [0.15, 0.2) is 18.2 Å². The van der Waals surface area contributed by atoms with Gasteiger partial charge in [0.25, 0.3) is 10.1 Å². The number of anilines is 2. The van der Waals surface area contributed by atoms with Gasteiger partial charge in [0.05, 0.1) is 32.2 Å². The SMILES string of the molecule is C[Si]1(C)CCN(c2ccc(N3C[C@H](COS(C)(=O)=O)OC3=O)cc2F)CC1. The molecule has 0 aliphatic carbocycles. The first-order valence-corrected chi connectivity index (χ1v) is 14.1. The van der Waals surface area contributed by atoms with Crippen molar-refractivity contribution in [1.29, 1.82) is 0 Å². The minimum absolute atomic E-state index is 0.108. The van der Waals surface area contributed by atoms with Crippen molar-refractivity contribution in [3.8, 4) is 0 Å². The summed E-state index contributed by atoms with van der Waals surface area (Å²) in [5.41, 5.74) is 0.933. The molecule has 1 amide bonds. The fraction of sp³-hybridized carbons (Fsp3) is 0.588. The van der Waals surface area contributed by atoms with Crippen LogP contribution in [0.2, 0.25) is 25.2 Å². The maximum atomic E-state index is 14.7. The number of hydrogen-bond acceptors (Lipinski definition) is 6. The van der Waals surface area contributed by atoms with Crippen LogP contribution in [-0.4, -0.2) is 61.2 Å².